The Morgan fingerprint density at radius 1 is 1.50 bits per heavy atom. The van der Waals surface area contributed by atoms with Crippen LogP contribution < -0.4 is 0 Å². The van der Waals surface area contributed by atoms with Gasteiger partial charge in [-0.15, -0.1) is 0 Å². The van der Waals surface area contributed by atoms with Crippen molar-refractivity contribution in [2.24, 2.45) is 0 Å². The second kappa shape index (κ2) is 5.43. The second-order valence-corrected chi connectivity index (χ2v) is 6.07. The second-order valence-electron chi connectivity index (χ2n) is 6.07. The number of rotatable bonds is 4. The standard InChI is InChI=1S/C18H24O2/c1-6-18(5,20-17(19)12(2)3)16-11-10-14-13(4)8-7-9-15(14)16/h7-9,16H,2,6,10-11H2,1,3-5H3. The van der Waals surface area contributed by atoms with Gasteiger partial charge in [-0.05, 0) is 56.7 Å². The SMILES string of the molecule is C=C(C)C(=O)OC(C)(CC)C1CCc2c(C)cccc21. The average molecular weight is 272 g/mol. The number of ether oxygens (including phenoxy) is 1. The molecule has 2 rings (SSSR count). The highest BCUT2D eigenvalue weighted by atomic mass is 16.6. The molecular formula is C18H24O2. The van der Waals surface area contributed by atoms with Crippen molar-refractivity contribution < 1.29 is 9.53 Å². The summed E-state index contributed by atoms with van der Waals surface area (Å²) in [5.41, 5.74) is 4.14. The van der Waals surface area contributed by atoms with Crippen molar-refractivity contribution in [1.29, 1.82) is 0 Å². The Labute approximate surface area is 121 Å². The summed E-state index contributed by atoms with van der Waals surface area (Å²) in [5, 5.41) is 0. The minimum atomic E-state index is -0.449. The maximum Gasteiger partial charge on any atom is 0.333 e. The lowest BCUT2D eigenvalue weighted by atomic mass is 9.82. The molecule has 0 saturated heterocycles. The van der Waals surface area contributed by atoms with Crippen LogP contribution in [0.3, 0.4) is 0 Å². The number of esters is 1. The van der Waals surface area contributed by atoms with Crippen LogP contribution in [0.4, 0.5) is 0 Å². The number of hydrogen-bond donors (Lipinski definition) is 0. The van der Waals surface area contributed by atoms with Crippen molar-refractivity contribution in [2.75, 3.05) is 0 Å². The Hall–Kier alpha value is -1.57. The summed E-state index contributed by atoms with van der Waals surface area (Å²) < 4.78 is 5.79. The molecular weight excluding hydrogens is 248 g/mol. The van der Waals surface area contributed by atoms with Crippen LogP contribution in [0.15, 0.2) is 30.4 Å². The predicted octanol–water partition coefficient (Wildman–Crippen LogP) is 4.31. The minimum Gasteiger partial charge on any atom is -0.455 e. The highest BCUT2D eigenvalue weighted by Crippen LogP contribution is 2.44. The van der Waals surface area contributed by atoms with Crippen molar-refractivity contribution in [3.8, 4) is 0 Å². The fourth-order valence-electron chi connectivity index (χ4n) is 3.16. The van der Waals surface area contributed by atoms with E-state index in [2.05, 4.69) is 45.5 Å². The van der Waals surface area contributed by atoms with Gasteiger partial charge in [0.05, 0.1) is 0 Å². The molecule has 2 heteroatoms. The Kier molecular flexibility index (Phi) is 4.03. The lowest BCUT2D eigenvalue weighted by Gasteiger charge is -2.35. The van der Waals surface area contributed by atoms with Crippen LogP contribution in [0.1, 0.15) is 56.2 Å². The molecule has 1 aliphatic rings. The number of fused-ring (bicyclic) bond motifs is 1. The molecule has 2 nitrogen and oxygen atoms in total. The lowest BCUT2D eigenvalue weighted by Crippen LogP contribution is -2.37. The number of hydrogen-bond acceptors (Lipinski definition) is 2. The molecule has 0 aromatic heterocycles. The molecule has 0 bridgehead atoms. The van der Waals surface area contributed by atoms with Gasteiger partial charge in [-0.3, -0.25) is 0 Å². The molecule has 0 saturated carbocycles. The van der Waals surface area contributed by atoms with E-state index in [1.54, 1.807) is 6.92 Å². The smallest absolute Gasteiger partial charge is 0.333 e. The molecule has 0 radical (unpaired) electrons. The van der Waals surface area contributed by atoms with E-state index in [9.17, 15) is 4.79 Å². The van der Waals surface area contributed by atoms with Gasteiger partial charge in [0.1, 0.15) is 5.60 Å². The van der Waals surface area contributed by atoms with Gasteiger partial charge in [0.15, 0.2) is 0 Å². The fourth-order valence-corrected chi connectivity index (χ4v) is 3.16. The third-order valence-electron chi connectivity index (χ3n) is 4.62. The molecule has 1 aromatic carbocycles. The van der Waals surface area contributed by atoms with E-state index in [0.717, 1.165) is 19.3 Å². The van der Waals surface area contributed by atoms with Gasteiger partial charge < -0.3 is 4.74 Å². The van der Waals surface area contributed by atoms with Crippen LogP contribution in [0, 0.1) is 6.92 Å². The molecule has 2 atom stereocenters. The zero-order valence-electron chi connectivity index (χ0n) is 13.0. The molecule has 0 aliphatic heterocycles. The topological polar surface area (TPSA) is 26.3 Å². The monoisotopic (exact) mass is 272 g/mol. The van der Waals surface area contributed by atoms with Crippen molar-refractivity contribution in [1.82, 2.24) is 0 Å². The van der Waals surface area contributed by atoms with Gasteiger partial charge in [-0.25, -0.2) is 4.79 Å². The maximum atomic E-state index is 11.9. The highest BCUT2D eigenvalue weighted by molar-refractivity contribution is 5.87. The largest absolute Gasteiger partial charge is 0.455 e. The van der Waals surface area contributed by atoms with Gasteiger partial charge in [0, 0.05) is 11.5 Å². The van der Waals surface area contributed by atoms with Crippen LogP contribution in [0.25, 0.3) is 0 Å². The van der Waals surface area contributed by atoms with E-state index in [-0.39, 0.29) is 11.9 Å². The zero-order chi connectivity index (χ0) is 14.9. The summed E-state index contributed by atoms with van der Waals surface area (Å²) in [7, 11) is 0. The molecule has 0 heterocycles. The van der Waals surface area contributed by atoms with Gasteiger partial charge in [0.25, 0.3) is 0 Å². The van der Waals surface area contributed by atoms with E-state index >= 15 is 0 Å². The van der Waals surface area contributed by atoms with Crippen molar-refractivity contribution in [3.05, 3.63) is 47.0 Å². The summed E-state index contributed by atoms with van der Waals surface area (Å²) in [6, 6.07) is 6.44. The number of carbonyl (C=O) groups excluding carboxylic acids is 1. The first-order valence-corrected chi connectivity index (χ1v) is 7.36. The lowest BCUT2D eigenvalue weighted by molar-refractivity contribution is -0.156. The molecule has 0 spiro atoms. The Balaban J connectivity index is 2.33. The molecule has 20 heavy (non-hydrogen) atoms. The molecule has 0 fully saturated rings. The van der Waals surface area contributed by atoms with Crippen molar-refractivity contribution >= 4 is 5.97 Å². The molecule has 1 aromatic rings. The summed E-state index contributed by atoms with van der Waals surface area (Å²) in [6.45, 7) is 11.7. The van der Waals surface area contributed by atoms with Gasteiger partial charge in [0.2, 0.25) is 0 Å². The Bertz CT molecular complexity index is 544. The molecule has 0 amide bonds. The number of aryl methyl sites for hydroxylation is 1. The van der Waals surface area contributed by atoms with Crippen LogP contribution in [-0.4, -0.2) is 11.6 Å². The highest BCUT2D eigenvalue weighted by Gasteiger charge is 2.41. The summed E-state index contributed by atoms with van der Waals surface area (Å²) in [5.74, 6) is 0.00107. The first kappa shape index (κ1) is 14.8. The van der Waals surface area contributed by atoms with E-state index in [1.807, 2.05) is 0 Å². The van der Waals surface area contributed by atoms with Crippen LogP contribution in [0.2, 0.25) is 0 Å². The normalized spacial score (nSPS) is 20.1. The van der Waals surface area contributed by atoms with Gasteiger partial charge in [-0.1, -0.05) is 31.7 Å². The van der Waals surface area contributed by atoms with Crippen molar-refractivity contribution in [2.45, 2.75) is 58.5 Å². The molecule has 108 valence electrons. The van der Waals surface area contributed by atoms with Gasteiger partial charge >= 0.3 is 5.97 Å². The minimum absolute atomic E-state index is 0.282. The predicted molar refractivity (Wildman–Crippen MR) is 81.8 cm³/mol. The maximum absolute atomic E-state index is 11.9. The summed E-state index contributed by atoms with van der Waals surface area (Å²) >= 11 is 0. The molecule has 0 N–H and O–H groups in total. The van der Waals surface area contributed by atoms with Crippen LogP contribution in [0.5, 0.6) is 0 Å². The first-order chi connectivity index (χ1) is 9.39. The molecule has 1 aliphatic carbocycles. The number of benzene rings is 1. The quantitative estimate of drug-likeness (QED) is 0.603. The summed E-state index contributed by atoms with van der Waals surface area (Å²) in [4.78, 5) is 11.9. The first-order valence-electron chi connectivity index (χ1n) is 7.36. The Morgan fingerprint density at radius 3 is 2.80 bits per heavy atom. The third-order valence-corrected chi connectivity index (χ3v) is 4.62. The zero-order valence-corrected chi connectivity index (χ0v) is 13.0. The molecule has 2 unspecified atom stereocenters. The van der Waals surface area contributed by atoms with E-state index < -0.39 is 5.60 Å². The van der Waals surface area contributed by atoms with Crippen LogP contribution >= 0.6 is 0 Å². The number of carbonyl (C=O) groups is 1. The van der Waals surface area contributed by atoms with E-state index in [4.69, 9.17) is 4.74 Å². The Morgan fingerprint density at radius 2 is 2.20 bits per heavy atom. The van der Waals surface area contributed by atoms with Gasteiger partial charge in [-0.2, -0.15) is 0 Å². The average Bonchev–Trinajstić information content (AvgIpc) is 2.84. The van der Waals surface area contributed by atoms with Crippen molar-refractivity contribution in [3.63, 3.8) is 0 Å². The fraction of sp³-hybridized carbons (Fsp3) is 0.500. The summed E-state index contributed by atoms with van der Waals surface area (Å²) in [6.07, 6.45) is 2.94. The van der Waals surface area contributed by atoms with E-state index in [0.29, 0.717) is 5.57 Å². The van der Waals surface area contributed by atoms with Crippen LogP contribution in [-0.2, 0) is 16.0 Å². The third kappa shape index (κ3) is 2.52. The van der Waals surface area contributed by atoms with E-state index in [1.165, 1.54) is 16.7 Å².